The predicted molar refractivity (Wildman–Crippen MR) is 96.7 cm³/mol. The second kappa shape index (κ2) is 7.47. The van der Waals surface area contributed by atoms with Crippen molar-refractivity contribution in [2.75, 3.05) is 18.5 Å². The Hall–Kier alpha value is -2.69. The number of carboxylic acids is 1. The summed E-state index contributed by atoms with van der Waals surface area (Å²) >= 11 is 0. The van der Waals surface area contributed by atoms with Gasteiger partial charge in [-0.15, -0.1) is 0 Å². The molecule has 25 heavy (non-hydrogen) atoms. The highest BCUT2D eigenvalue weighted by atomic mass is 16.5. The van der Waals surface area contributed by atoms with Crippen molar-refractivity contribution in [1.29, 1.82) is 0 Å². The van der Waals surface area contributed by atoms with Crippen molar-refractivity contribution in [2.45, 2.75) is 26.9 Å². The van der Waals surface area contributed by atoms with Crippen LogP contribution in [0.1, 0.15) is 35.3 Å². The van der Waals surface area contributed by atoms with Crippen molar-refractivity contribution < 1.29 is 19.4 Å². The summed E-state index contributed by atoms with van der Waals surface area (Å²) in [6.45, 7) is 6.26. The molecule has 2 aromatic carbocycles. The van der Waals surface area contributed by atoms with Gasteiger partial charge in [0.05, 0.1) is 17.9 Å². The molecule has 5 nitrogen and oxygen atoms in total. The first-order valence-corrected chi connectivity index (χ1v) is 8.51. The van der Waals surface area contributed by atoms with E-state index in [0.29, 0.717) is 19.1 Å². The van der Waals surface area contributed by atoms with E-state index < -0.39 is 5.97 Å². The number of hydrogen-bond acceptors (Lipinski definition) is 4. The molecule has 0 atom stereocenters. The first-order valence-electron chi connectivity index (χ1n) is 8.51. The SMILES string of the molecule is CC(C)CNc1cc2c(cc1OCc1ccc(C(=O)O)cc1)OCC2. The summed E-state index contributed by atoms with van der Waals surface area (Å²) in [5.74, 6) is 1.24. The van der Waals surface area contributed by atoms with Crippen LogP contribution in [0.4, 0.5) is 5.69 Å². The molecule has 5 heteroatoms. The van der Waals surface area contributed by atoms with E-state index in [1.807, 2.05) is 6.07 Å². The zero-order chi connectivity index (χ0) is 17.8. The molecule has 0 saturated carbocycles. The van der Waals surface area contributed by atoms with Crippen LogP contribution < -0.4 is 14.8 Å². The molecule has 2 aromatic rings. The summed E-state index contributed by atoms with van der Waals surface area (Å²) in [5, 5.41) is 12.4. The number of anilines is 1. The highest BCUT2D eigenvalue weighted by Crippen LogP contribution is 2.36. The average molecular weight is 341 g/mol. The largest absolute Gasteiger partial charge is 0.493 e. The summed E-state index contributed by atoms with van der Waals surface area (Å²) in [5.41, 5.74) is 3.36. The number of carboxylic acid groups (broad SMARTS) is 1. The Bertz CT molecular complexity index is 753. The minimum Gasteiger partial charge on any atom is -0.493 e. The molecule has 0 amide bonds. The minimum absolute atomic E-state index is 0.272. The lowest BCUT2D eigenvalue weighted by molar-refractivity contribution is 0.0697. The van der Waals surface area contributed by atoms with Gasteiger partial charge >= 0.3 is 5.97 Å². The predicted octanol–water partition coefficient (Wildman–Crippen LogP) is 3.97. The molecule has 0 radical (unpaired) electrons. The van der Waals surface area contributed by atoms with Gasteiger partial charge in [-0.05, 0) is 35.2 Å². The van der Waals surface area contributed by atoms with Gasteiger partial charge in [0.1, 0.15) is 18.1 Å². The molecule has 0 spiro atoms. The standard InChI is InChI=1S/C20H23NO4/c1-13(2)11-21-17-9-16-7-8-24-18(16)10-19(17)25-12-14-3-5-15(6-4-14)20(22)23/h3-6,9-10,13,21H,7-8,11-12H2,1-2H3,(H,22,23). The smallest absolute Gasteiger partial charge is 0.335 e. The number of fused-ring (bicyclic) bond motifs is 1. The van der Waals surface area contributed by atoms with E-state index in [1.54, 1.807) is 24.3 Å². The van der Waals surface area contributed by atoms with Gasteiger partial charge in [-0.1, -0.05) is 26.0 Å². The first kappa shape index (κ1) is 17.1. The fourth-order valence-corrected chi connectivity index (χ4v) is 2.68. The normalized spacial score (nSPS) is 12.6. The lowest BCUT2D eigenvalue weighted by Crippen LogP contribution is -2.09. The van der Waals surface area contributed by atoms with Crippen molar-refractivity contribution in [1.82, 2.24) is 0 Å². The Kier molecular flexibility index (Phi) is 5.12. The second-order valence-electron chi connectivity index (χ2n) is 6.62. The maximum absolute atomic E-state index is 10.9. The van der Waals surface area contributed by atoms with Crippen LogP contribution in [0.5, 0.6) is 11.5 Å². The summed E-state index contributed by atoms with van der Waals surface area (Å²) < 4.78 is 11.6. The molecule has 1 aliphatic heterocycles. The second-order valence-corrected chi connectivity index (χ2v) is 6.62. The number of carbonyl (C=O) groups is 1. The van der Waals surface area contributed by atoms with Crippen LogP contribution in [0, 0.1) is 5.92 Å². The maximum Gasteiger partial charge on any atom is 0.335 e. The van der Waals surface area contributed by atoms with Crippen LogP contribution in [0.2, 0.25) is 0 Å². The molecule has 1 aliphatic rings. The molecule has 0 saturated heterocycles. The van der Waals surface area contributed by atoms with Crippen LogP contribution in [-0.2, 0) is 13.0 Å². The summed E-state index contributed by atoms with van der Waals surface area (Å²) in [4.78, 5) is 10.9. The lowest BCUT2D eigenvalue weighted by Gasteiger charge is -2.16. The maximum atomic E-state index is 10.9. The van der Waals surface area contributed by atoms with Gasteiger partial charge in [-0.25, -0.2) is 4.79 Å². The van der Waals surface area contributed by atoms with E-state index >= 15 is 0 Å². The van der Waals surface area contributed by atoms with Gasteiger partial charge in [0.15, 0.2) is 0 Å². The van der Waals surface area contributed by atoms with Gasteiger partial charge in [0.25, 0.3) is 0 Å². The van der Waals surface area contributed by atoms with Gasteiger partial charge < -0.3 is 19.9 Å². The van der Waals surface area contributed by atoms with Crippen LogP contribution in [0.3, 0.4) is 0 Å². The van der Waals surface area contributed by atoms with Crippen molar-refractivity contribution in [3.05, 3.63) is 53.1 Å². The summed E-state index contributed by atoms with van der Waals surface area (Å²) in [7, 11) is 0. The minimum atomic E-state index is -0.927. The molecule has 0 unspecified atom stereocenters. The van der Waals surface area contributed by atoms with Crippen LogP contribution in [0.25, 0.3) is 0 Å². The number of aromatic carboxylic acids is 1. The number of hydrogen-bond donors (Lipinski definition) is 2. The molecule has 0 fully saturated rings. The third-order valence-electron chi connectivity index (χ3n) is 4.09. The number of ether oxygens (including phenoxy) is 2. The summed E-state index contributed by atoms with van der Waals surface area (Å²) in [6.07, 6.45) is 0.919. The fourth-order valence-electron chi connectivity index (χ4n) is 2.68. The Morgan fingerprint density at radius 3 is 2.72 bits per heavy atom. The van der Waals surface area contributed by atoms with Gasteiger partial charge in [0, 0.05) is 19.0 Å². The van der Waals surface area contributed by atoms with Crippen LogP contribution in [0.15, 0.2) is 36.4 Å². The van der Waals surface area contributed by atoms with Crippen molar-refractivity contribution >= 4 is 11.7 Å². The van der Waals surface area contributed by atoms with Gasteiger partial charge in [-0.2, -0.15) is 0 Å². The van der Waals surface area contributed by atoms with Crippen molar-refractivity contribution in [3.8, 4) is 11.5 Å². The molecule has 0 aliphatic carbocycles. The third kappa shape index (κ3) is 4.24. The summed E-state index contributed by atoms with van der Waals surface area (Å²) in [6, 6.07) is 10.8. The van der Waals surface area contributed by atoms with E-state index in [-0.39, 0.29) is 5.56 Å². The Morgan fingerprint density at radius 2 is 2.04 bits per heavy atom. The molecule has 0 bridgehead atoms. The van der Waals surface area contributed by atoms with Gasteiger partial charge in [-0.3, -0.25) is 0 Å². The van der Waals surface area contributed by atoms with Crippen molar-refractivity contribution in [3.63, 3.8) is 0 Å². The quantitative estimate of drug-likeness (QED) is 0.798. The Labute approximate surface area is 147 Å². The van der Waals surface area contributed by atoms with Crippen LogP contribution in [-0.4, -0.2) is 24.2 Å². The molecule has 132 valence electrons. The molecule has 1 heterocycles. The zero-order valence-electron chi connectivity index (χ0n) is 14.5. The highest BCUT2D eigenvalue weighted by Gasteiger charge is 2.17. The number of rotatable bonds is 7. The van der Waals surface area contributed by atoms with E-state index in [2.05, 4.69) is 25.2 Å². The number of nitrogens with one attached hydrogen (secondary N) is 1. The Morgan fingerprint density at radius 1 is 1.28 bits per heavy atom. The van der Waals surface area contributed by atoms with Gasteiger partial charge in [0.2, 0.25) is 0 Å². The lowest BCUT2D eigenvalue weighted by atomic mass is 10.1. The topological polar surface area (TPSA) is 67.8 Å². The van der Waals surface area contributed by atoms with E-state index in [4.69, 9.17) is 14.6 Å². The molecule has 3 rings (SSSR count). The monoisotopic (exact) mass is 341 g/mol. The number of benzene rings is 2. The van der Waals surface area contributed by atoms with Crippen LogP contribution >= 0.6 is 0 Å². The van der Waals surface area contributed by atoms with Crippen molar-refractivity contribution in [2.24, 2.45) is 5.92 Å². The highest BCUT2D eigenvalue weighted by molar-refractivity contribution is 5.87. The van der Waals surface area contributed by atoms with E-state index in [1.165, 1.54) is 5.56 Å². The molecular weight excluding hydrogens is 318 g/mol. The zero-order valence-corrected chi connectivity index (χ0v) is 14.5. The Balaban J connectivity index is 1.74. The van der Waals surface area contributed by atoms with E-state index in [0.717, 1.165) is 35.7 Å². The fraction of sp³-hybridized carbons (Fsp3) is 0.350. The average Bonchev–Trinajstić information content (AvgIpc) is 3.05. The first-order chi connectivity index (χ1) is 12.0. The molecule has 2 N–H and O–H groups in total. The molecule has 0 aromatic heterocycles. The molecular formula is C20H23NO4. The van der Waals surface area contributed by atoms with E-state index in [9.17, 15) is 4.79 Å². The third-order valence-corrected chi connectivity index (χ3v) is 4.09.